The second-order valence-electron chi connectivity index (χ2n) is 38.7. The SMILES string of the molecule is CCCCCCCCCCCCC/C=C/[C@@H](OCc1ccc(OC)cc1)[C@H](CO[C@@H]1O[C@H](COC(=O)c2ccccc2)[C@@H](O[C@@H]2O[C@@H]3COC(c4ccccc4)O[C@@H]3[C@H](S[C@H]3O[C@H](COC(C)=O)[C@H](OC(C)=O)[C@H](OC(C)=O)[C@H]3OCc3ccc(OC)cc3)[C@H]2OC(=O)c2ccccc2)[C@H](OC(=O)c2ccccc2)[C@H]1OC(=O)c1ccccc1)NC(=O)CCCCCCCCCCCCCCCCCCCCCCCCC. The van der Waals surface area contributed by atoms with Crippen LogP contribution in [-0.4, -0.2) is 191 Å². The van der Waals surface area contributed by atoms with Crippen molar-refractivity contribution in [2.24, 2.45) is 0 Å². The van der Waals surface area contributed by atoms with Crippen LogP contribution in [0.3, 0.4) is 0 Å². The predicted molar refractivity (Wildman–Crippen MR) is 561 cm³/mol. The molecule has 7 aromatic carbocycles. The normalized spacial score (nSPS) is 22.1. The van der Waals surface area contributed by atoms with E-state index < -0.39 is 170 Å². The van der Waals surface area contributed by atoms with Gasteiger partial charge in [0.15, 0.2) is 49.4 Å². The summed E-state index contributed by atoms with van der Waals surface area (Å²) in [5, 5.41) is 1.99. The van der Waals surface area contributed by atoms with Crippen LogP contribution in [0.2, 0.25) is 0 Å². The highest BCUT2D eigenvalue weighted by Crippen LogP contribution is 2.47. The largest absolute Gasteiger partial charge is 0.497 e. The number of benzene rings is 7. The molecule has 0 radical (unpaired) electrons. The third kappa shape index (κ3) is 40.8. The van der Waals surface area contributed by atoms with E-state index >= 15 is 19.2 Å². The number of amides is 1. The Hall–Kier alpha value is -10.4. The molecule has 4 heterocycles. The number of methoxy groups -OCH3 is 2. The van der Waals surface area contributed by atoms with Gasteiger partial charge in [-0.1, -0.05) is 359 Å². The van der Waals surface area contributed by atoms with Crippen LogP contribution in [0.5, 0.6) is 11.5 Å². The van der Waals surface area contributed by atoms with Gasteiger partial charge in [-0.15, -0.1) is 11.8 Å². The molecule has 1 N–H and O–H groups in total. The van der Waals surface area contributed by atoms with Crippen LogP contribution in [-0.2, 0) is 108 Å². The molecular formula is C119H159NO26S. The number of hydrogen-bond acceptors (Lipinski definition) is 27. The van der Waals surface area contributed by atoms with Crippen LogP contribution in [0, 0.1) is 0 Å². The molecule has 4 saturated heterocycles. The summed E-state index contributed by atoms with van der Waals surface area (Å²) in [6.45, 7) is 5.90. The first kappa shape index (κ1) is 117. The molecule has 802 valence electrons. The minimum Gasteiger partial charge on any atom is -0.497 e. The highest BCUT2D eigenvalue weighted by molar-refractivity contribution is 8.00. The van der Waals surface area contributed by atoms with Gasteiger partial charge < -0.3 is 90.6 Å². The van der Waals surface area contributed by atoms with Gasteiger partial charge in [-0.3, -0.25) is 19.2 Å². The van der Waals surface area contributed by atoms with Crippen LogP contribution in [0.1, 0.15) is 330 Å². The van der Waals surface area contributed by atoms with Crippen LogP contribution in [0.4, 0.5) is 0 Å². The molecule has 1 unspecified atom stereocenters. The number of fused-ring (bicyclic) bond motifs is 1. The molecule has 18 atom stereocenters. The zero-order valence-electron chi connectivity index (χ0n) is 87.3. The van der Waals surface area contributed by atoms with Gasteiger partial charge in [-0.25, -0.2) is 19.2 Å². The quantitative estimate of drug-likeness (QED) is 0.0160. The maximum Gasteiger partial charge on any atom is 0.338 e. The number of rotatable bonds is 68. The van der Waals surface area contributed by atoms with Crippen molar-refractivity contribution in [2.75, 3.05) is 40.6 Å². The number of ether oxygens (including phenoxy) is 18. The molecule has 11 rings (SSSR count). The van der Waals surface area contributed by atoms with Crippen molar-refractivity contribution in [3.05, 3.63) is 251 Å². The lowest BCUT2D eigenvalue weighted by Crippen LogP contribution is -2.68. The van der Waals surface area contributed by atoms with Crippen LogP contribution in [0.15, 0.2) is 212 Å². The number of thioether (sulfide) groups is 1. The monoisotopic (exact) mass is 2050 g/mol. The fourth-order valence-corrected chi connectivity index (χ4v) is 20.6. The van der Waals surface area contributed by atoms with E-state index in [4.69, 9.17) is 85.3 Å². The maximum atomic E-state index is 15.7. The molecule has 147 heavy (non-hydrogen) atoms. The Bertz CT molecular complexity index is 4930. The number of carbonyl (C=O) groups excluding carboxylic acids is 8. The minimum absolute atomic E-state index is 0.0272. The van der Waals surface area contributed by atoms with E-state index in [-0.39, 0.29) is 54.4 Å². The Labute approximate surface area is 874 Å². The number of nitrogens with one attached hydrogen (secondary N) is 1. The Balaban J connectivity index is 0.963. The molecule has 0 bridgehead atoms. The molecule has 0 aromatic heterocycles. The number of allylic oxidation sites excluding steroid dienone is 1. The zero-order valence-corrected chi connectivity index (χ0v) is 88.1. The summed E-state index contributed by atoms with van der Waals surface area (Å²) in [6.07, 6.45) is 22.7. The first-order valence-electron chi connectivity index (χ1n) is 54.0. The molecule has 1 amide bonds. The summed E-state index contributed by atoms with van der Waals surface area (Å²) in [7, 11) is 3.12. The van der Waals surface area contributed by atoms with Crippen molar-refractivity contribution >= 4 is 59.5 Å². The first-order chi connectivity index (χ1) is 71.9. The smallest absolute Gasteiger partial charge is 0.338 e. The fourth-order valence-electron chi connectivity index (χ4n) is 18.9. The molecule has 27 nitrogen and oxygen atoms in total. The highest BCUT2D eigenvalue weighted by Gasteiger charge is 2.61. The number of carbonyl (C=O) groups is 8. The summed E-state index contributed by atoms with van der Waals surface area (Å²) in [6, 6.07) is 54.9. The third-order valence-electron chi connectivity index (χ3n) is 27.0. The molecule has 0 aliphatic carbocycles. The lowest BCUT2D eigenvalue weighted by molar-refractivity contribution is -0.367. The number of hydrogen-bond donors (Lipinski definition) is 1. The Morgan fingerprint density at radius 3 is 1.27 bits per heavy atom. The van der Waals surface area contributed by atoms with E-state index in [2.05, 4.69) is 25.2 Å². The Morgan fingerprint density at radius 1 is 0.388 bits per heavy atom. The Morgan fingerprint density at radius 2 is 0.803 bits per heavy atom. The molecule has 28 heteroatoms. The lowest BCUT2D eigenvalue weighted by Gasteiger charge is -2.52. The van der Waals surface area contributed by atoms with Crippen LogP contribution in [0.25, 0.3) is 0 Å². The average molecular weight is 2050 g/mol. The van der Waals surface area contributed by atoms with Gasteiger partial charge in [0.25, 0.3) is 0 Å². The third-order valence-corrected chi connectivity index (χ3v) is 28.5. The van der Waals surface area contributed by atoms with E-state index in [1.165, 1.54) is 218 Å². The molecular weight excluding hydrogens is 1890 g/mol. The zero-order chi connectivity index (χ0) is 104. The summed E-state index contributed by atoms with van der Waals surface area (Å²) in [4.78, 5) is 117. The Kier molecular flexibility index (Phi) is 53.2. The topological polar surface area (TPSA) is 315 Å². The van der Waals surface area contributed by atoms with Crippen molar-refractivity contribution < 1.29 is 124 Å². The number of unbranched alkanes of at least 4 members (excludes halogenated alkanes) is 33. The standard InChI is InChI=1S/C119H159NO26S/c1-8-10-12-14-16-18-20-22-23-24-25-26-27-28-29-30-31-33-35-37-39-41-58-70-102(124)120-97(98(132-79-88-71-75-95(129-6)76-72-88)69-57-40-38-36-34-32-21-19-17-15-13-11-9-2)81-135-117-108(143-114(127)92-63-51-44-52-64-92)106(142-113(126)91-61-49-43-50-62-91)104(99(139-117)83-134-112(125)90-59-47-42-48-60-90)145-118-110(144-115(128)93-65-53-45-54-66-93)111(105-101(140-118)84-136-116(146-105)94-67-55-46-56-68-94)147-119-109(133-80-89-73-77-96(130-7)78-74-89)107(138-87(5)123)103(137-86(4)122)100(141-119)82-131-85(3)121/h42-57,59-69,71-78,97-101,103-111,116-119H,8-41,58,70,79-84H2,1-7H3,(H,120,124)/b69-57+/t97-,98+,99+,100+,101+,103-,104+,105-,106-,107-,108+,109+,110+,111-,116?,117+,118-,119+/m0/s1. The molecule has 7 aromatic rings. The fraction of sp³-hybridized carbons (Fsp3) is 0.563. The van der Waals surface area contributed by atoms with Gasteiger partial charge in [0.05, 0.1) is 80.3 Å². The lowest BCUT2D eigenvalue weighted by atomic mass is 9.96. The minimum atomic E-state index is -1.94. The summed E-state index contributed by atoms with van der Waals surface area (Å²) < 4.78 is 120. The van der Waals surface area contributed by atoms with E-state index in [9.17, 15) is 19.2 Å². The van der Waals surface area contributed by atoms with Crippen molar-refractivity contribution in [3.8, 4) is 11.5 Å². The van der Waals surface area contributed by atoms with E-state index in [1.54, 1.807) is 128 Å². The van der Waals surface area contributed by atoms with Gasteiger partial charge in [0, 0.05) is 32.8 Å². The van der Waals surface area contributed by atoms with E-state index in [1.807, 2.05) is 48.5 Å². The summed E-state index contributed by atoms with van der Waals surface area (Å²) in [5.74, 6) is -5.14. The molecule has 4 aliphatic rings. The second kappa shape index (κ2) is 66.9. The van der Waals surface area contributed by atoms with Crippen molar-refractivity contribution in [3.63, 3.8) is 0 Å². The average Bonchev–Trinajstić information content (AvgIpc) is 0.746. The summed E-state index contributed by atoms with van der Waals surface area (Å²) in [5.41, 5.74) is 0.806. The van der Waals surface area contributed by atoms with Gasteiger partial charge in [-0.2, -0.15) is 0 Å². The van der Waals surface area contributed by atoms with Crippen LogP contribution >= 0.6 is 11.8 Å². The van der Waals surface area contributed by atoms with E-state index in [0.717, 1.165) is 75.6 Å². The van der Waals surface area contributed by atoms with Gasteiger partial charge in [-0.05, 0) is 103 Å². The van der Waals surface area contributed by atoms with Gasteiger partial charge in [0.2, 0.25) is 5.91 Å². The molecule has 4 aliphatic heterocycles. The van der Waals surface area contributed by atoms with Crippen molar-refractivity contribution in [2.45, 2.75) is 388 Å². The van der Waals surface area contributed by atoms with Crippen molar-refractivity contribution in [1.29, 1.82) is 0 Å². The number of esters is 7. The van der Waals surface area contributed by atoms with Crippen LogP contribution < -0.4 is 14.8 Å². The second-order valence-corrected chi connectivity index (χ2v) is 39.9. The highest BCUT2D eigenvalue weighted by atomic mass is 32.2. The first-order valence-corrected chi connectivity index (χ1v) is 55.0. The maximum absolute atomic E-state index is 15.7. The molecule has 4 fully saturated rings. The molecule has 0 saturated carbocycles. The van der Waals surface area contributed by atoms with E-state index in [0.29, 0.717) is 35.5 Å². The van der Waals surface area contributed by atoms with Gasteiger partial charge in [0.1, 0.15) is 66.8 Å². The van der Waals surface area contributed by atoms with Crippen molar-refractivity contribution in [1.82, 2.24) is 5.32 Å². The summed E-state index contributed by atoms with van der Waals surface area (Å²) >= 11 is 0.968. The predicted octanol–water partition coefficient (Wildman–Crippen LogP) is 24.1. The molecule has 0 spiro atoms. The van der Waals surface area contributed by atoms with Gasteiger partial charge >= 0.3 is 41.8 Å².